The minimum Gasteiger partial charge on any atom is -0.491 e. The van der Waals surface area contributed by atoms with Gasteiger partial charge < -0.3 is 19.9 Å². The van der Waals surface area contributed by atoms with Gasteiger partial charge in [-0.15, -0.1) is 24.0 Å². The molecule has 0 aliphatic heterocycles. The summed E-state index contributed by atoms with van der Waals surface area (Å²) in [7, 11) is 0. The van der Waals surface area contributed by atoms with E-state index in [9.17, 15) is 4.39 Å². The largest absolute Gasteiger partial charge is 0.491 e. The molecule has 1 heterocycles. The van der Waals surface area contributed by atoms with Crippen LogP contribution >= 0.6 is 24.0 Å². The van der Waals surface area contributed by atoms with Crippen LogP contribution in [0.3, 0.4) is 0 Å². The third kappa shape index (κ3) is 8.81. The topological polar surface area (TPSA) is 84.6 Å². The highest BCUT2D eigenvalue weighted by Gasteiger charge is 2.05. The fourth-order valence-corrected chi connectivity index (χ4v) is 2.89. The summed E-state index contributed by atoms with van der Waals surface area (Å²) in [6.07, 6.45) is 1.33. The molecule has 0 radical (unpaired) electrons. The van der Waals surface area contributed by atoms with Crippen LogP contribution in [0, 0.1) is 12.7 Å². The van der Waals surface area contributed by atoms with Crippen molar-refractivity contribution in [3.8, 4) is 5.75 Å². The Morgan fingerprint density at radius 3 is 2.59 bits per heavy atom. The van der Waals surface area contributed by atoms with Crippen LogP contribution in [-0.4, -0.2) is 35.3 Å². The van der Waals surface area contributed by atoms with Crippen LogP contribution in [0.25, 0.3) is 0 Å². The molecular weight excluding hydrogens is 524 g/mol. The van der Waals surface area contributed by atoms with Crippen molar-refractivity contribution in [2.24, 2.45) is 4.99 Å². The normalized spacial score (nSPS) is 11.2. The van der Waals surface area contributed by atoms with Crippen LogP contribution in [0.5, 0.6) is 5.75 Å². The molecule has 0 unspecified atom stereocenters. The number of rotatable bonds is 9. The maximum Gasteiger partial charge on any atom is 0.228 e. The Balaban J connectivity index is 0.00000363. The van der Waals surface area contributed by atoms with Crippen LogP contribution in [0.2, 0.25) is 0 Å². The number of hydrogen-bond acceptors (Lipinski definition) is 5. The maximum absolute atomic E-state index is 13.4. The lowest BCUT2D eigenvalue weighted by atomic mass is 10.1. The summed E-state index contributed by atoms with van der Waals surface area (Å²) >= 11 is 0. The summed E-state index contributed by atoms with van der Waals surface area (Å²) in [5.74, 6) is 2.35. The van der Waals surface area contributed by atoms with Crippen molar-refractivity contribution in [3.63, 3.8) is 0 Å². The Kier molecular flexibility index (Phi) is 10.4. The van der Waals surface area contributed by atoms with Gasteiger partial charge in [-0.05, 0) is 69.2 Å². The van der Waals surface area contributed by atoms with Gasteiger partial charge in [-0.1, -0.05) is 17.3 Å². The number of aryl methyl sites for hydroxylation is 1. The van der Waals surface area contributed by atoms with Crippen LogP contribution in [0.1, 0.15) is 31.1 Å². The van der Waals surface area contributed by atoms with E-state index < -0.39 is 0 Å². The van der Waals surface area contributed by atoms with Crippen LogP contribution in [0.4, 0.5) is 10.1 Å². The van der Waals surface area contributed by atoms with E-state index in [2.05, 4.69) is 25.8 Å². The van der Waals surface area contributed by atoms with Crippen molar-refractivity contribution in [2.45, 2.75) is 39.7 Å². The zero-order valence-electron chi connectivity index (χ0n) is 18.5. The van der Waals surface area contributed by atoms with Gasteiger partial charge in [-0.3, -0.25) is 4.99 Å². The highest BCUT2D eigenvalue weighted by atomic mass is 127. The van der Waals surface area contributed by atoms with E-state index in [4.69, 9.17) is 9.26 Å². The molecule has 0 aliphatic carbocycles. The number of nitrogens with zero attached hydrogens (tertiary/aromatic N) is 3. The van der Waals surface area contributed by atoms with Crippen molar-refractivity contribution < 1.29 is 13.7 Å². The van der Waals surface area contributed by atoms with E-state index in [1.807, 2.05) is 44.2 Å². The van der Waals surface area contributed by atoms with E-state index in [0.717, 1.165) is 17.0 Å². The van der Waals surface area contributed by atoms with Crippen LogP contribution in [-0.2, 0) is 12.8 Å². The SMILES string of the molecule is Cc1noc(CCN=C(NCCc2cccc(F)c2)Nc2ccc(OC(C)C)cc2)n1.I. The fourth-order valence-electron chi connectivity index (χ4n) is 2.89. The Morgan fingerprint density at radius 1 is 1.16 bits per heavy atom. The number of anilines is 1. The lowest BCUT2D eigenvalue weighted by molar-refractivity contribution is 0.242. The number of ether oxygens (including phenoxy) is 1. The van der Waals surface area contributed by atoms with Crippen LogP contribution < -0.4 is 15.4 Å². The van der Waals surface area contributed by atoms with Crippen molar-refractivity contribution in [1.29, 1.82) is 0 Å². The summed E-state index contributed by atoms with van der Waals surface area (Å²) < 4.78 is 24.2. The molecule has 3 aromatic rings. The quantitative estimate of drug-likeness (QED) is 0.226. The van der Waals surface area contributed by atoms with Gasteiger partial charge in [0, 0.05) is 18.7 Å². The van der Waals surface area contributed by atoms with Gasteiger partial charge in [-0.2, -0.15) is 4.98 Å². The third-order valence-electron chi connectivity index (χ3n) is 4.25. The molecule has 0 atom stereocenters. The lowest BCUT2D eigenvalue weighted by Crippen LogP contribution is -2.32. The number of benzene rings is 2. The maximum atomic E-state index is 13.4. The number of guanidine groups is 1. The standard InChI is InChI=1S/C23H28FN5O2.HI/c1-16(2)30-21-9-7-20(8-10-21)28-23(26-14-12-22-27-17(3)29-31-22)25-13-11-18-5-4-6-19(24)15-18;/h4-10,15-16H,11-14H2,1-3H3,(H2,25,26,28);1H. The fraction of sp³-hybridized carbons (Fsp3) is 0.348. The number of hydrogen-bond donors (Lipinski definition) is 2. The molecule has 7 nitrogen and oxygen atoms in total. The van der Waals surface area contributed by atoms with Crippen molar-refractivity contribution >= 4 is 35.6 Å². The second-order valence-electron chi connectivity index (χ2n) is 7.34. The first-order valence-electron chi connectivity index (χ1n) is 10.3. The minimum absolute atomic E-state index is 0. The summed E-state index contributed by atoms with van der Waals surface area (Å²) in [4.78, 5) is 8.80. The van der Waals surface area contributed by atoms with Gasteiger partial charge in [0.05, 0.1) is 12.6 Å². The van der Waals surface area contributed by atoms with Gasteiger partial charge in [0.25, 0.3) is 0 Å². The third-order valence-corrected chi connectivity index (χ3v) is 4.25. The molecule has 0 aliphatic rings. The predicted octanol–water partition coefficient (Wildman–Crippen LogP) is 4.77. The van der Waals surface area contributed by atoms with Gasteiger partial charge in [0.1, 0.15) is 11.6 Å². The molecule has 0 amide bonds. The average molecular weight is 553 g/mol. The Bertz CT molecular complexity index is 992. The molecule has 0 saturated carbocycles. The number of aromatic nitrogens is 2. The molecule has 172 valence electrons. The molecule has 1 aromatic heterocycles. The number of nitrogens with one attached hydrogen (secondary N) is 2. The summed E-state index contributed by atoms with van der Waals surface area (Å²) in [6.45, 7) is 6.84. The zero-order valence-corrected chi connectivity index (χ0v) is 20.8. The monoisotopic (exact) mass is 553 g/mol. The van der Waals surface area contributed by atoms with Gasteiger partial charge in [0.2, 0.25) is 5.89 Å². The first-order valence-corrected chi connectivity index (χ1v) is 10.3. The Morgan fingerprint density at radius 2 is 1.94 bits per heavy atom. The molecule has 32 heavy (non-hydrogen) atoms. The highest BCUT2D eigenvalue weighted by Crippen LogP contribution is 2.17. The molecule has 0 spiro atoms. The average Bonchev–Trinajstić information content (AvgIpc) is 3.14. The van der Waals surface area contributed by atoms with Crippen molar-refractivity contribution in [3.05, 3.63) is 71.6 Å². The lowest BCUT2D eigenvalue weighted by Gasteiger charge is -2.14. The Labute approximate surface area is 204 Å². The zero-order chi connectivity index (χ0) is 22.1. The van der Waals surface area contributed by atoms with Gasteiger partial charge in [-0.25, -0.2) is 4.39 Å². The van der Waals surface area contributed by atoms with E-state index in [-0.39, 0.29) is 35.9 Å². The molecular formula is C23H29FIN5O2. The molecule has 2 aromatic carbocycles. The summed E-state index contributed by atoms with van der Waals surface area (Å²) in [6, 6.07) is 14.3. The molecule has 0 fully saturated rings. The molecule has 3 rings (SSSR count). The molecule has 0 bridgehead atoms. The predicted molar refractivity (Wildman–Crippen MR) is 134 cm³/mol. The van der Waals surface area contributed by atoms with Gasteiger partial charge in [0.15, 0.2) is 11.8 Å². The first kappa shape index (κ1) is 25.6. The Hall–Kier alpha value is -2.69. The van der Waals surface area contributed by atoms with Gasteiger partial charge >= 0.3 is 0 Å². The van der Waals surface area contributed by atoms with E-state index in [0.29, 0.717) is 43.6 Å². The highest BCUT2D eigenvalue weighted by molar-refractivity contribution is 14.0. The molecule has 0 saturated heterocycles. The summed E-state index contributed by atoms with van der Waals surface area (Å²) in [5.41, 5.74) is 1.80. The van der Waals surface area contributed by atoms with Crippen molar-refractivity contribution in [2.75, 3.05) is 18.4 Å². The second-order valence-corrected chi connectivity index (χ2v) is 7.34. The van der Waals surface area contributed by atoms with Crippen LogP contribution in [0.15, 0.2) is 58.0 Å². The van der Waals surface area contributed by atoms with E-state index in [1.54, 1.807) is 13.0 Å². The minimum atomic E-state index is -0.233. The molecule has 2 N–H and O–H groups in total. The van der Waals surface area contributed by atoms with Crippen molar-refractivity contribution in [1.82, 2.24) is 15.5 Å². The molecule has 9 heteroatoms. The smallest absolute Gasteiger partial charge is 0.228 e. The van der Waals surface area contributed by atoms with E-state index >= 15 is 0 Å². The second kappa shape index (κ2) is 13.0. The number of aliphatic imine (C=N–C) groups is 1. The first-order chi connectivity index (χ1) is 15.0. The van der Waals surface area contributed by atoms with E-state index in [1.165, 1.54) is 12.1 Å². The number of halogens is 2. The summed E-state index contributed by atoms with van der Waals surface area (Å²) in [5, 5.41) is 10.4.